The Balaban J connectivity index is 2.46. The summed E-state index contributed by atoms with van der Waals surface area (Å²) in [7, 11) is 0. The number of hydrogen-bond acceptors (Lipinski definition) is 4. The van der Waals surface area contributed by atoms with Gasteiger partial charge in [-0.2, -0.15) is 0 Å². The van der Waals surface area contributed by atoms with Crippen molar-refractivity contribution < 1.29 is 19.7 Å². The summed E-state index contributed by atoms with van der Waals surface area (Å²) >= 11 is 0. The molecule has 1 aromatic carbocycles. The number of aliphatic hydroxyl groups excluding tert-OH is 2. The molecule has 0 unspecified atom stereocenters. The van der Waals surface area contributed by atoms with Gasteiger partial charge in [0.1, 0.15) is 13.6 Å². The predicted molar refractivity (Wildman–Crippen MR) is 50.3 cm³/mol. The van der Waals surface area contributed by atoms with E-state index in [1.807, 2.05) is 30.3 Å². The molecule has 0 bridgehead atoms. The van der Waals surface area contributed by atoms with E-state index in [1.54, 1.807) is 0 Å². The molecule has 0 fully saturated rings. The number of hydrogen-bond donors (Lipinski definition) is 2. The average Bonchev–Trinajstić information content (AvgIpc) is 2.20. The van der Waals surface area contributed by atoms with Gasteiger partial charge in [-0.25, -0.2) is 0 Å². The van der Waals surface area contributed by atoms with Crippen LogP contribution in [0.3, 0.4) is 0 Å². The molecule has 4 heteroatoms. The summed E-state index contributed by atoms with van der Waals surface area (Å²) in [6.45, 7) is -0.838. The highest BCUT2D eigenvalue weighted by Crippen LogP contribution is 2.06. The minimum absolute atomic E-state index is 0.419. The van der Waals surface area contributed by atoms with Crippen molar-refractivity contribution in [1.29, 1.82) is 0 Å². The van der Waals surface area contributed by atoms with Gasteiger partial charge in [-0.05, 0) is 5.56 Å². The van der Waals surface area contributed by atoms with Crippen molar-refractivity contribution in [3.8, 4) is 0 Å². The second kappa shape index (κ2) is 6.50. The normalized spacial score (nSPS) is 10.8. The molecule has 78 valence electrons. The molecule has 0 saturated carbocycles. The Morgan fingerprint density at radius 3 is 2.07 bits per heavy atom. The molecule has 0 spiro atoms. The highest BCUT2D eigenvalue weighted by molar-refractivity contribution is 5.14. The van der Waals surface area contributed by atoms with Gasteiger partial charge in [0.05, 0.1) is 0 Å². The Bertz CT molecular complexity index is 231. The lowest BCUT2D eigenvalue weighted by molar-refractivity contribution is -0.208. The fraction of sp³-hybridized carbons (Fsp3) is 0.400. The molecule has 0 aliphatic heterocycles. The summed E-state index contributed by atoms with van der Waals surface area (Å²) in [4.78, 5) is 0. The largest absolute Gasteiger partial charge is 0.371 e. The molecule has 2 N–H and O–H groups in total. The van der Waals surface area contributed by atoms with Crippen LogP contribution >= 0.6 is 0 Å². The van der Waals surface area contributed by atoms with E-state index in [4.69, 9.17) is 19.7 Å². The summed E-state index contributed by atoms with van der Waals surface area (Å²) in [5.41, 5.74) is 1.03. The molecule has 0 aliphatic carbocycles. The zero-order valence-electron chi connectivity index (χ0n) is 7.80. The van der Waals surface area contributed by atoms with Crippen LogP contribution in [0.25, 0.3) is 0 Å². The van der Waals surface area contributed by atoms with Gasteiger partial charge in [0.2, 0.25) is 0 Å². The second-order valence-electron chi connectivity index (χ2n) is 2.71. The maximum atomic E-state index is 8.56. The summed E-state index contributed by atoms with van der Waals surface area (Å²) in [5.74, 6) is 0. The number of rotatable bonds is 6. The lowest BCUT2D eigenvalue weighted by atomic mass is 10.1. The van der Waals surface area contributed by atoms with Crippen LogP contribution in [0.15, 0.2) is 30.3 Å². The van der Waals surface area contributed by atoms with Crippen molar-refractivity contribution in [2.24, 2.45) is 0 Å². The van der Waals surface area contributed by atoms with Gasteiger partial charge in [-0.3, -0.25) is 0 Å². The number of ether oxygens (including phenoxy) is 2. The molecule has 0 heterocycles. The first-order chi connectivity index (χ1) is 6.86. The van der Waals surface area contributed by atoms with Crippen molar-refractivity contribution >= 4 is 0 Å². The fourth-order valence-electron chi connectivity index (χ4n) is 1.14. The molecule has 0 amide bonds. The monoisotopic (exact) mass is 198 g/mol. The zero-order valence-corrected chi connectivity index (χ0v) is 7.80. The van der Waals surface area contributed by atoms with E-state index >= 15 is 0 Å². The standard InChI is InChI=1S/C10H14O4/c11-7-13-10(14-8-12)6-9-4-2-1-3-5-9/h1-5,10-12H,6-8H2. The Morgan fingerprint density at radius 1 is 1.00 bits per heavy atom. The fourth-order valence-corrected chi connectivity index (χ4v) is 1.14. The first-order valence-corrected chi connectivity index (χ1v) is 4.35. The van der Waals surface area contributed by atoms with Gasteiger partial charge in [-0.15, -0.1) is 0 Å². The summed E-state index contributed by atoms with van der Waals surface area (Å²) < 4.78 is 9.72. The number of benzene rings is 1. The van der Waals surface area contributed by atoms with Gasteiger partial charge in [0.15, 0.2) is 6.29 Å². The van der Waals surface area contributed by atoms with Gasteiger partial charge < -0.3 is 19.7 Å². The Kier molecular flexibility index (Phi) is 5.17. The molecule has 0 radical (unpaired) electrons. The number of aliphatic hydroxyl groups is 2. The SMILES string of the molecule is OCOC(Cc1ccccc1)OCO. The molecule has 1 rings (SSSR count). The van der Waals surface area contributed by atoms with Gasteiger partial charge >= 0.3 is 0 Å². The maximum Gasteiger partial charge on any atom is 0.167 e. The van der Waals surface area contributed by atoms with Crippen molar-refractivity contribution in [3.63, 3.8) is 0 Å². The topological polar surface area (TPSA) is 58.9 Å². The molecule has 1 aromatic rings. The predicted octanol–water partition coefficient (Wildman–Crippen LogP) is 0.488. The average molecular weight is 198 g/mol. The van der Waals surface area contributed by atoms with Gasteiger partial charge in [0.25, 0.3) is 0 Å². The highest BCUT2D eigenvalue weighted by Gasteiger charge is 2.08. The first kappa shape index (κ1) is 11.1. The third-order valence-electron chi connectivity index (χ3n) is 1.77. The van der Waals surface area contributed by atoms with E-state index in [9.17, 15) is 0 Å². The van der Waals surface area contributed by atoms with Crippen molar-refractivity contribution in [3.05, 3.63) is 35.9 Å². The van der Waals surface area contributed by atoms with Crippen LogP contribution < -0.4 is 0 Å². The van der Waals surface area contributed by atoms with Crippen LogP contribution in [0.4, 0.5) is 0 Å². The third-order valence-corrected chi connectivity index (χ3v) is 1.77. The lowest BCUT2D eigenvalue weighted by Crippen LogP contribution is -2.21. The summed E-state index contributed by atoms with van der Waals surface area (Å²) in [6.07, 6.45) is -0.102. The lowest BCUT2D eigenvalue weighted by Gasteiger charge is -2.15. The highest BCUT2D eigenvalue weighted by atomic mass is 16.7. The summed E-state index contributed by atoms with van der Waals surface area (Å²) in [5, 5.41) is 17.1. The van der Waals surface area contributed by atoms with E-state index in [0.29, 0.717) is 6.42 Å². The Hall–Kier alpha value is -0.940. The maximum absolute atomic E-state index is 8.56. The van der Waals surface area contributed by atoms with Crippen molar-refractivity contribution in [2.45, 2.75) is 12.7 Å². The van der Waals surface area contributed by atoms with Crippen LogP contribution in [0.2, 0.25) is 0 Å². The second-order valence-corrected chi connectivity index (χ2v) is 2.71. The Labute approximate surface area is 82.7 Å². The van der Waals surface area contributed by atoms with E-state index in [2.05, 4.69) is 0 Å². The molecule has 0 aromatic heterocycles. The zero-order chi connectivity index (χ0) is 10.2. The molecule has 0 aliphatic rings. The molecule has 14 heavy (non-hydrogen) atoms. The van der Waals surface area contributed by atoms with E-state index < -0.39 is 19.9 Å². The van der Waals surface area contributed by atoms with E-state index in [0.717, 1.165) is 5.56 Å². The van der Waals surface area contributed by atoms with Crippen LogP contribution in [0.1, 0.15) is 5.56 Å². The van der Waals surface area contributed by atoms with E-state index in [-0.39, 0.29) is 0 Å². The van der Waals surface area contributed by atoms with Crippen LogP contribution in [0, 0.1) is 0 Å². The molecular weight excluding hydrogens is 184 g/mol. The molecule has 0 atom stereocenters. The Morgan fingerprint density at radius 2 is 1.57 bits per heavy atom. The van der Waals surface area contributed by atoms with Crippen molar-refractivity contribution in [2.75, 3.05) is 13.6 Å². The van der Waals surface area contributed by atoms with E-state index in [1.165, 1.54) is 0 Å². The smallest absolute Gasteiger partial charge is 0.167 e. The third kappa shape index (κ3) is 3.85. The van der Waals surface area contributed by atoms with Crippen LogP contribution in [0.5, 0.6) is 0 Å². The van der Waals surface area contributed by atoms with Crippen molar-refractivity contribution in [1.82, 2.24) is 0 Å². The quantitative estimate of drug-likeness (QED) is 0.653. The molecule has 4 nitrogen and oxygen atoms in total. The van der Waals surface area contributed by atoms with Gasteiger partial charge in [0, 0.05) is 6.42 Å². The molecular formula is C10H14O4. The molecule has 0 saturated heterocycles. The van der Waals surface area contributed by atoms with Crippen LogP contribution in [-0.2, 0) is 15.9 Å². The minimum atomic E-state index is -0.604. The van der Waals surface area contributed by atoms with Crippen LogP contribution in [-0.4, -0.2) is 30.1 Å². The summed E-state index contributed by atoms with van der Waals surface area (Å²) in [6, 6.07) is 9.58. The first-order valence-electron chi connectivity index (χ1n) is 4.35. The minimum Gasteiger partial charge on any atom is -0.371 e. The van der Waals surface area contributed by atoms with Gasteiger partial charge in [-0.1, -0.05) is 30.3 Å².